The van der Waals surface area contributed by atoms with E-state index in [1.54, 1.807) is 12.1 Å². The zero-order valence-corrected chi connectivity index (χ0v) is 11.5. The maximum absolute atomic E-state index is 13.4. The molecule has 0 aliphatic heterocycles. The third-order valence-corrected chi connectivity index (χ3v) is 3.65. The molecule has 0 saturated heterocycles. The molecule has 0 aliphatic carbocycles. The molecule has 0 aromatic heterocycles. The summed E-state index contributed by atoms with van der Waals surface area (Å²) in [5.74, 6) is -1.74. The van der Waals surface area contributed by atoms with Gasteiger partial charge >= 0.3 is 0 Å². The summed E-state index contributed by atoms with van der Waals surface area (Å²) in [6, 6.07) is 9.43. The lowest BCUT2D eigenvalue weighted by atomic mass is 10.2. The van der Waals surface area contributed by atoms with Crippen LogP contribution >= 0.6 is 27.5 Å². The third kappa shape index (κ3) is 3.00. The van der Waals surface area contributed by atoms with E-state index in [2.05, 4.69) is 21.2 Å². The molecule has 2 rings (SSSR count). The zero-order chi connectivity index (χ0) is 13.1. The average molecular weight is 333 g/mol. The van der Waals surface area contributed by atoms with E-state index < -0.39 is 11.6 Å². The van der Waals surface area contributed by atoms with Crippen molar-refractivity contribution in [3.63, 3.8) is 0 Å². The molecule has 0 atom stereocenters. The molecule has 0 aliphatic rings. The smallest absolute Gasteiger partial charge is 0.181 e. The number of anilines is 1. The van der Waals surface area contributed by atoms with Gasteiger partial charge in [0.05, 0.1) is 10.7 Å². The molecule has 2 aromatic rings. The lowest BCUT2D eigenvalue weighted by Crippen LogP contribution is -2.02. The summed E-state index contributed by atoms with van der Waals surface area (Å²) >= 11 is 9.23. The Morgan fingerprint density at radius 3 is 2.67 bits per heavy atom. The van der Waals surface area contributed by atoms with E-state index in [0.29, 0.717) is 11.6 Å². The highest BCUT2D eigenvalue weighted by Crippen LogP contribution is 2.24. The normalized spacial score (nSPS) is 10.4. The maximum Gasteiger partial charge on any atom is 0.181 e. The molecule has 5 heteroatoms. The molecule has 1 N–H and O–H groups in total. The van der Waals surface area contributed by atoms with Crippen LogP contribution in [-0.4, -0.2) is 0 Å². The fourth-order valence-corrected chi connectivity index (χ4v) is 1.94. The number of halogens is 4. The molecule has 0 spiro atoms. The van der Waals surface area contributed by atoms with Crippen LogP contribution in [0, 0.1) is 11.6 Å². The van der Waals surface area contributed by atoms with Crippen molar-refractivity contribution in [1.29, 1.82) is 0 Å². The Hall–Kier alpha value is -1.13. The molecule has 18 heavy (non-hydrogen) atoms. The van der Waals surface area contributed by atoms with Crippen LogP contribution in [0.3, 0.4) is 0 Å². The highest BCUT2D eigenvalue weighted by atomic mass is 79.9. The number of hydrogen-bond donors (Lipinski definition) is 1. The molecule has 0 fully saturated rings. The second-order valence-corrected chi connectivity index (χ2v) is 4.96. The summed E-state index contributed by atoms with van der Waals surface area (Å²) in [5.41, 5.74) is 1.01. The molecule has 1 nitrogen and oxygen atoms in total. The first-order chi connectivity index (χ1) is 8.58. The van der Waals surface area contributed by atoms with E-state index in [9.17, 15) is 8.78 Å². The molecule has 2 aromatic carbocycles. The van der Waals surface area contributed by atoms with Gasteiger partial charge in [-0.25, -0.2) is 8.78 Å². The Morgan fingerprint density at radius 1 is 1.17 bits per heavy atom. The molecule has 0 heterocycles. The topological polar surface area (TPSA) is 12.0 Å². The van der Waals surface area contributed by atoms with Crippen molar-refractivity contribution in [2.75, 3.05) is 5.32 Å². The van der Waals surface area contributed by atoms with Crippen molar-refractivity contribution in [3.8, 4) is 0 Å². The minimum Gasteiger partial charge on any atom is -0.379 e. The predicted molar refractivity (Wildman–Crippen MR) is 72.8 cm³/mol. The summed E-state index contributed by atoms with van der Waals surface area (Å²) in [6.45, 7) is 0.368. The van der Waals surface area contributed by atoms with Gasteiger partial charge in [-0.2, -0.15) is 0 Å². The summed E-state index contributed by atoms with van der Waals surface area (Å²) in [5, 5.41) is 3.41. The Bertz CT molecular complexity index is 575. The van der Waals surface area contributed by atoms with Crippen molar-refractivity contribution < 1.29 is 8.78 Å². The van der Waals surface area contributed by atoms with Crippen LogP contribution in [0.1, 0.15) is 5.56 Å². The summed E-state index contributed by atoms with van der Waals surface area (Å²) < 4.78 is 27.2. The van der Waals surface area contributed by atoms with Gasteiger partial charge in [0.2, 0.25) is 0 Å². The fourth-order valence-electron chi connectivity index (χ4n) is 1.49. The van der Waals surface area contributed by atoms with E-state index in [0.717, 1.165) is 16.1 Å². The van der Waals surface area contributed by atoms with Gasteiger partial charge in [0.15, 0.2) is 11.6 Å². The fraction of sp³-hybridized carbons (Fsp3) is 0.0769. The van der Waals surface area contributed by atoms with Crippen molar-refractivity contribution in [1.82, 2.24) is 0 Å². The Labute approximate surface area is 117 Å². The van der Waals surface area contributed by atoms with Crippen LogP contribution in [0.4, 0.5) is 14.5 Å². The summed E-state index contributed by atoms with van der Waals surface area (Å²) in [4.78, 5) is 0. The van der Waals surface area contributed by atoms with Crippen molar-refractivity contribution >= 4 is 33.2 Å². The Balaban J connectivity index is 2.11. The molecular weight excluding hydrogens is 324 g/mol. The van der Waals surface area contributed by atoms with Gasteiger partial charge in [-0.15, -0.1) is 0 Å². The zero-order valence-electron chi connectivity index (χ0n) is 9.18. The molecule has 0 amide bonds. The third-order valence-electron chi connectivity index (χ3n) is 2.42. The number of nitrogens with one attached hydrogen (secondary N) is 1. The second-order valence-electron chi connectivity index (χ2n) is 3.70. The van der Waals surface area contributed by atoms with Gasteiger partial charge in [0.1, 0.15) is 0 Å². The monoisotopic (exact) mass is 331 g/mol. The first-order valence-corrected chi connectivity index (χ1v) is 6.37. The van der Waals surface area contributed by atoms with Crippen LogP contribution in [0.5, 0.6) is 0 Å². The van der Waals surface area contributed by atoms with E-state index in [1.165, 1.54) is 12.1 Å². The van der Waals surface area contributed by atoms with Crippen molar-refractivity contribution in [3.05, 3.63) is 63.1 Å². The van der Waals surface area contributed by atoms with Gasteiger partial charge in [-0.1, -0.05) is 23.7 Å². The number of rotatable bonds is 3. The molecule has 94 valence electrons. The van der Waals surface area contributed by atoms with Gasteiger partial charge < -0.3 is 5.32 Å². The van der Waals surface area contributed by atoms with E-state index in [4.69, 9.17) is 11.6 Å². The van der Waals surface area contributed by atoms with Gasteiger partial charge in [-0.3, -0.25) is 0 Å². The minimum absolute atomic E-state index is 0.133. The molecule has 0 bridgehead atoms. The molecule has 0 radical (unpaired) electrons. The van der Waals surface area contributed by atoms with Crippen LogP contribution in [0.25, 0.3) is 0 Å². The number of hydrogen-bond acceptors (Lipinski definition) is 1. The summed E-state index contributed by atoms with van der Waals surface area (Å²) in [7, 11) is 0. The standard InChI is InChI=1S/C13H9BrClF2N/c14-9-5-4-8(6-10(9)15)7-18-12-3-1-2-11(16)13(12)17/h1-6,18H,7H2. The van der Waals surface area contributed by atoms with Crippen LogP contribution in [0.2, 0.25) is 5.02 Å². The van der Waals surface area contributed by atoms with E-state index in [1.807, 2.05) is 6.07 Å². The van der Waals surface area contributed by atoms with Gasteiger partial charge in [0, 0.05) is 11.0 Å². The Morgan fingerprint density at radius 2 is 1.94 bits per heavy atom. The van der Waals surface area contributed by atoms with E-state index >= 15 is 0 Å². The highest BCUT2D eigenvalue weighted by Gasteiger charge is 2.07. The molecule has 0 saturated carbocycles. The lowest BCUT2D eigenvalue weighted by molar-refractivity contribution is 0.511. The number of benzene rings is 2. The predicted octanol–water partition coefficient (Wildman–Crippen LogP) is 4.99. The van der Waals surface area contributed by atoms with E-state index in [-0.39, 0.29) is 5.69 Å². The lowest BCUT2D eigenvalue weighted by Gasteiger charge is -2.08. The first-order valence-electron chi connectivity index (χ1n) is 5.20. The molecular formula is C13H9BrClF2N. The summed E-state index contributed by atoms with van der Waals surface area (Å²) in [6.07, 6.45) is 0. The SMILES string of the molecule is Fc1cccc(NCc2ccc(Br)c(Cl)c2)c1F. The first kappa shape index (κ1) is 13.3. The maximum atomic E-state index is 13.4. The second kappa shape index (κ2) is 5.67. The van der Waals surface area contributed by atoms with Crippen molar-refractivity contribution in [2.45, 2.75) is 6.54 Å². The van der Waals surface area contributed by atoms with Crippen LogP contribution in [0.15, 0.2) is 40.9 Å². The average Bonchev–Trinajstić information content (AvgIpc) is 2.35. The quantitative estimate of drug-likeness (QED) is 0.834. The van der Waals surface area contributed by atoms with Crippen LogP contribution in [-0.2, 0) is 6.54 Å². The van der Waals surface area contributed by atoms with Gasteiger partial charge in [0.25, 0.3) is 0 Å². The largest absolute Gasteiger partial charge is 0.379 e. The molecule has 0 unspecified atom stereocenters. The van der Waals surface area contributed by atoms with Crippen LogP contribution < -0.4 is 5.32 Å². The van der Waals surface area contributed by atoms with Crippen molar-refractivity contribution in [2.24, 2.45) is 0 Å². The highest BCUT2D eigenvalue weighted by molar-refractivity contribution is 9.10. The minimum atomic E-state index is -0.874. The van der Waals surface area contributed by atoms with Gasteiger partial charge in [-0.05, 0) is 45.8 Å². The Kier molecular flexibility index (Phi) is 4.19.